The Morgan fingerprint density at radius 3 is 2.91 bits per heavy atom. The Balaban J connectivity index is 1.73. The van der Waals surface area contributed by atoms with Gasteiger partial charge in [0.25, 0.3) is 5.89 Å². The van der Waals surface area contributed by atoms with Crippen LogP contribution in [-0.2, 0) is 4.74 Å². The predicted molar refractivity (Wildman–Crippen MR) is 79.5 cm³/mol. The van der Waals surface area contributed by atoms with Gasteiger partial charge in [0.1, 0.15) is 5.75 Å². The van der Waals surface area contributed by atoms with Gasteiger partial charge in [-0.05, 0) is 37.3 Å². The normalized spacial score (nSPS) is 11.9. The van der Waals surface area contributed by atoms with Crippen LogP contribution >= 0.6 is 0 Å². The summed E-state index contributed by atoms with van der Waals surface area (Å²) in [4.78, 5) is 20.2. The third kappa shape index (κ3) is 3.34. The van der Waals surface area contributed by atoms with Gasteiger partial charge in [-0.15, -0.1) is 0 Å². The summed E-state index contributed by atoms with van der Waals surface area (Å²) in [6, 6.07) is 9.46. The van der Waals surface area contributed by atoms with Gasteiger partial charge >= 0.3 is 5.97 Å². The molecule has 1 atom stereocenters. The fraction of sp³-hybridized carbons (Fsp3) is 0.125. The number of hydrogen-bond donors (Lipinski definition) is 1. The first kappa shape index (κ1) is 14.7. The number of aromatic nitrogens is 3. The molecule has 1 aromatic carbocycles. The second-order valence-electron chi connectivity index (χ2n) is 4.80. The number of carbonyl (C=O) groups is 1. The topological polar surface area (TPSA) is 98.3 Å². The number of pyridine rings is 1. The summed E-state index contributed by atoms with van der Waals surface area (Å²) in [6.45, 7) is 1.63. The summed E-state index contributed by atoms with van der Waals surface area (Å²) >= 11 is 0. The van der Waals surface area contributed by atoms with Gasteiger partial charge in [-0.3, -0.25) is 4.98 Å². The van der Waals surface area contributed by atoms with Crippen molar-refractivity contribution < 1.29 is 19.2 Å². The van der Waals surface area contributed by atoms with Gasteiger partial charge in [-0.1, -0.05) is 11.2 Å². The Labute approximate surface area is 131 Å². The predicted octanol–water partition coefficient (Wildman–Crippen LogP) is 2.76. The van der Waals surface area contributed by atoms with Gasteiger partial charge in [0, 0.05) is 18.0 Å². The zero-order chi connectivity index (χ0) is 16.2. The number of hydrogen-bond acceptors (Lipinski definition) is 7. The Hall–Kier alpha value is -3.22. The van der Waals surface area contributed by atoms with Crippen LogP contribution in [0.15, 0.2) is 53.3 Å². The van der Waals surface area contributed by atoms with Gasteiger partial charge in [0.05, 0.1) is 5.56 Å². The van der Waals surface area contributed by atoms with Crippen LogP contribution in [0.1, 0.15) is 29.3 Å². The first-order chi connectivity index (χ1) is 11.1. The lowest BCUT2D eigenvalue weighted by Gasteiger charge is -2.09. The van der Waals surface area contributed by atoms with Crippen LogP contribution < -0.4 is 0 Å². The first-order valence-corrected chi connectivity index (χ1v) is 6.87. The summed E-state index contributed by atoms with van der Waals surface area (Å²) in [5.41, 5.74) is 0.942. The number of esters is 1. The number of carbonyl (C=O) groups excluding carboxylic acids is 1. The molecule has 0 aliphatic carbocycles. The third-order valence-electron chi connectivity index (χ3n) is 3.07. The molecule has 7 heteroatoms. The van der Waals surface area contributed by atoms with Crippen molar-refractivity contribution in [2.45, 2.75) is 13.0 Å². The minimum Gasteiger partial charge on any atom is -0.508 e. The molecule has 0 bridgehead atoms. The Morgan fingerprint density at radius 1 is 1.30 bits per heavy atom. The van der Waals surface area contributed by atoms with Crippen molar-refractivity contribution >= 4 is 5.97 Å². The van der Waals surface area contributed by atoms with Gasteiger partial charge in [-0.2, -0.15) is 4.98 Å². The zero-order valence-electron chi connectivity index (χ0n) is 12.2. The summed E-state index contributed by atoms with van der Waals surface area (Å²) in [6.07, 6.45) is 2.53. The molecule has 116 valence electrons. The Bertz CT molecular complexity index is 817. The molecular formula is C16H13N3O4. The molecule has 0 aliphatic heterocycles. The SMILES string of the molecule is C[C@@H](OC(=O)c1cccc(O)c1)c1nc(-c2cccnc2)no1. The van der Waals surface area contributed by atoms with E-state index in [1.165, 1.54) is 12.1 Å². The van der Waals surface area contributed by atoms with E-state index in [1.54, 1.807) is 43.6 Å². The molecule has 0 saturated heterocycles. The quantitative estimate of drug-likeness (QED) is 0.740. The largest absolute Gasteiger partial charge is 0.508 e. The lowest BCUT2D eigenvalue weighted by Crippen LogP contribution is -2.09. The summed E-state index contributed by atoms with van der Waals surface area (Å²) in [5, 5.41) is 13.2. The molecule has 3 aromatic rings. The molecule has 0 spiro atoms. The molecule has 0 amide bonds. The van der Waals surface area contributed by atoms with Crippen LogP contribution in [0.4, 0.5) is 0 Å². The van der Waals surface area contributed by atoms with Crippen molar-refractivity contribution in [2.75, 3.05) is 0 Å². The lowest BCUT2D eigenvalue weighted by molar-refractivity contribution is 0.0265. The van der Waals surface area contributed by atoms with Crippen molar-refractivity contribution in [1.29, 1.82) is 0 Å². The van der Waals surface area contributed by atoms with E-state index in [1.807, 2.05) is 0 Å². The molecule has 3 rings (SSSR count). The second kappa shape index (κ2) is 6.27. The zero-order valence-corrected chi connectivity index (χ0v) is 12.2. The average Bonchev–Trinajstić information content (AvgIpc) is 3.06. The van der Waals surface area contributed by atoms with Crippen LogP contribution in [0.25, 0.3) is 11.4 Å². The van der Waals surface area contributed by atoms with Gasteiger partial charge < -0.3 is 14.4 Å². The molecule has 0 fully saturated rings. The maximum absolute atomic E-state index is 12.0. The fourth-order valence-corrected chi connectivity index (χ4v) is 1.92. The number of phenolic OH excluding ortho intramolecular Hbond substituents is 1. The number of aromatic hydroxyl groups is 1. The van der Waals surface area contributed by atoms with E-state index < -0.39 is 12.1 Å². The monoisotopic (exact) mass is 311 g/mol. The Kier molecular flexibility index (Phi) is 4.01. The van der Waals surface area contributed by atoms with E-state index in [0.29, 0.717) is 11.4 Å². The minimum absolute atomic E-state index is 0.0104. The van der Waals surface area contributed by atoms with Crippen LogP contribution in [0.3, 0.4) is 0 Å². The van der Waals surface area contributed by atoms with Crippen molar-refractivity contribution in [3.05, 3.63) is 60.2 Å². The minimum atomic E-state index is -0.720. The smallest absolute Gasteiger partial charge is 0.339 e. The number of ether oxygens (including phenoxy) is 1. The van der Waals surface area contributed by atoms with Crippen molar-refractivity contribution in [3.8, 4) is 17.1 Å². The summed E-state index contributed by atoms with van der Waals surface area (Å²) in [7, 11) is 0. The number of benzene rings is 1. The van der Waals surface area contributed by atoms with Crippen LogP contribution in [0.2, 0.25) is 0 Å². The second-order valence-corrected chi connectivity index (χ2v) is 4.80. The van der Waals surface area contributed by atoms with E-state index >= 15 is 0 Å². The van der Waals surface area contributed by atoms with E-state index in [9.17, 15) is 9.90 Å². The molecule has 0 radical (unpaired) electrons. The van der Waals surface area contributed by atoms with Gasteiger partial charge in [-0.25, -0.2) is 4.79 Å². The average molecular weight is 311 g/mol. The lowest BCUT2D eigenvalue weighted by atomic mass is 10.2. The maximum atomic E-state index is 12.0. The number of phenols is 1. The van der Waals surface area contributed by atoms with E-state index in [0.717, 1.165) is 0 Å². The van der Waals surface area contributed by atoms with E-state index in [2.05, 4.69) is 15.1 Å². The molecule has 0 aliphatic rings. The van der Waals surface area contributed by atoms with E-state index in [4.69, 9.17) is 9.26 Å². The number of rotatable bonds is 4. The summed E-state index contributed by atoms with van der Waals surface area (Å²) in [5.74, 6) is -0.0519. The van der Waals surface area contributed by atoms with E-state index in [-0.39, 0.29) is 17.2 Å². The van der Waals surface area contributed by atoms with Crippen molar-refractivity contribution in [3.63, 3.8) is 0 Å². The van der Waals surface area contributed by atoms with Crippen molar-refractivity contribution in [2.24, 2.45) is 0 Å². The number of nitrogens with zero attached hydrogens (tertiary/aromatic N) is 3. The van der Waals surface area contributed by atoms with Crippen molar-refractivity contribution in [1.82, 2.24) is 15.1 Å². The van der Waals surface area contributed by atoms with Gasteiger partial charge in [0.2, 0.25) is 5.82 Å². The highest BCUT2D eigenvalue weighted by atomic mass is 16.6. The van der Waals surface area contributed by atoms with Crippen LogP contribution in [0.5, 0.6) is 5.75 Å². The highest BCUT2D eigenvalue weighted by Gasteiger charge is 2.20. The van der Waals surface area contributed by atoms with Gasteiger partial charge in [0.15, 0.2) is 6.10 Å². The highest BCUT2D eigenvalue weighted by molar-refractivity contribution is 5.89. The highest BCUT2D eigenvalue weighted by Crippen LogP contribution is 2.21. The summed E-state index contributed by atoms with van der Waals surface area (Å²) < 4.78 is 10.4. The fourth-order valence-electron chi connectivity index (χ4n) is 1.92. The van der Waals surface area contributed by atoms with Crippen LogP contribution in [0, 0.1) is 0 Å². The molecule has 0 unspecified atom stereocenters. The first-order valence-electron chi connectivity index (χ1n) is 6.87. The Morgan fingerprint density at radius 2 is 2.17 bits per heavy atom. The molecule has 2 aromatic heterocycles. The molecular weight excluding hydrogens is 298 g/mol. The molecule has 1 N–H and O–H groups in total. The third-order valence-corrected chi connectivity index (χ3v) is 3.07. The van der Waals surface area contributed by atoms with Crippen LogP contribution in [-0.4, -0.2) is 26.2 Å². The molecule has 23 heavy (non-hydrogen) atoms. The molecule has 7 nitrogen and oxygen atoms in total. The standard InChI is InChI=1S/C16H13N3O4/c1-10(22-16(21)11-4-2-6-13(20)8-11)15-18-14(19-23-15)12-5-3-7-17-9-12/h2-10,20H,1H3/t10-/m1/s1. The maximum Gasteiger partial charge on any atom is 0.339 e. The molecule has 2 heterocycles. The molecule has 0 saturated carbocycles.